The molecule has 0 bridgehead atoms. The number of rotatable bonds is 7. The molecule has 2 aliphatic heterocycles. The molecule has 2 aromatic heterocycles. The number of nitrogens with zero attached hydrogens (tertiary/aromatic N) is 4. The Morgan fingerprint density at radius 1 is 1.10 bits per heavy atom. The van der Waals surface area contributed by atoms with E-state index in [4.69, 9.17) is 4.42 Å². The van der Waals surface area contributed by atoms with Crippen LogP contribution in [-0.2, 0) is 6.54 Å². The predicted octanol–water partition coefficient (Wildman–Crippen LogP) is 3.39. The minimum atomic E-state index is 0. The van der Waals surface area contributed by atoms with Crippen LogP contribution in [0, 0.1) is 0 Å². The Labute approximate surface area is 196 Å². The van der Waals surface area contributed by atoms with Gasteiger partial charge in [-0.15, -0.1) is 24.0 Å². The van der Waals surface area contributed by atoms with Crippen LogP contribution in [0.15, 0.2) is 46.1 Å². The van der Waals surface area contributed by atoms with E-state index in [2.05, 4.69) is 48.6 Å². The fraction of sp³-hybridized carbons (Fsp3) is 0.545. The smallest absolute Gasteiger partial charge is 0.191 e. The Bertz CT molecular complexity index is 767. The lowest BCUT2D eigenvalue weighted by Crippen LogP contribution is -2.42. The SMILES string of the molecule is CN=C(NCc1ccc(N2CCCC2)nc1)NCC(c1ccco1)N1CCCC1.I. The molecule has 0 aliphatic carbocycles. The van der Waals surface area contributed by atoms with Gasteiger partial charge in [0.1, 0.15) is 11.6 Å². The Kier molecular flexibility index (Phi) is 8.80. The maximum absolute atomic E-state index is 5.70. The number of nitrogens with one attached hydrogen (secondary N) is 2. The van der Waals surface area contributed by atoms with Crippen molar-refractivity contribution < 1.29 is 4.42 Å². The molecule has 1 unspecified atom stereocenters. The first kappa shape index (κ1) is 22.9. The van der Waals surface area contributed by atoms with Gasteiger partial charge in [-0.3, -0.25) is 9.89 Å². The number of hydrogen-bond donors (Lipinski definition) is 2. The molecule has 0 saturated carbocycles. The first-order chi connectivity index (χ1) is 14.3. The van der Waals surface area contributed by atoms with Gasteiger partial charge in [-0.1, -0.05) is 6.07 Å². The van der Waals surface area contributed by atoms with Crippen LogP contribution < -0.4 is 15.5 Å². The average molecular weight is 524 g/mol. The van der Waals surface area contributed by atoms with Crippen LogP contribution >= 0.6 is 24.0 Å². The Morgan fingerprint density at radius 3 is 2.50 bits per heavy atom. The molecule has 164 valence electrons. The fourth-order valence-electron chi connectivity index (χ4n) is 4.20. The summed E-state index contributed by atoms with van der Waals surface area (Å²) in [4.78, 5) is 13.8. The van der Waals surface area contributed by atoms with Gasteiger partial charge in [-0.2, -0.15) is 0 Å². The van der Waals surface area contributed by atoms with E-state index in [-0.39, 0.29) is 30.0 Å². The lowest BCUT2D eigenvalue weighted by molar-refractivity contribution is 0.215. The van der Waals surface area contributed by atoms with Crippen molar-refractivity contribution in [2.45, 2.75) is 38.3 Å². The Hall–Kier alpha value is -1.81. The average Bonchev–Trinajstić information content (AvgIpc) is 3.54. The van der Waals surface area contributed by atoms with E-state index in [0.29, 0.717) is 6.54 Å². The summed E-state index contributed by atoms with van der Waals surface area (Å²) in [6.45, 7) is 5.94. The zero-order chi connectivity index (χ0) is 19.9. The summed E-state index contributed by atoms with van der Waals surface area (Å²) in [5.74, 6) is 2.89. The summed E-state index contributed by atoms with van der Waals surface area (Å²) in [6.07, 6.45) is 8.76. The number of guanidine groups is 1. The number of aromatic nitrogens is 1. The predicted molar refractivity (Wildman–Crippen MR) is 132 cm³/mol. The molecule has 0 radical (unpaired) electrons. The highest BCUT2D eigenvalue weighted by atomic mass is 127. The number of halogens is 1. The van der Waals surface area contributed by atoms with Crippen LogP contribution in [0.4, 0.5) is 5.82 Å². The summed E-state index contributed by atoms with van der Waals surface area (Å²) >= 11 is 0. The van der Waals surface area contributed by atoms with Crippen molar-refractivity contribution in [1.82, 2.24) is 20.5 Å². The van der Waals surface area contributed by atoms with E-state index in [0.717, 1.165) is 55.8 Å². The zero-order valence-corrected chi connectivity index (χ0v) is 20.0. The van der Waals surface area contributed by atoms with Crippen LogP contribution in [0.2, 0.25) is 0 Å². The standard InChI is InChI=1S/C22H32N6O.HI/c1-23-22(25-16-18-8-9-21(24-15-18)28-12-4-5-13-28)26-17-19(20-7-6-14-29-20)27-10-2-3-11-27;/h6-9,14-15,19H,2-5,10-13,16-17H2,1H3,(H2,23,25,26);1H. The van der Waals surface area contributed by atoms with E-state index in [1.165, 1.54) is 25.7 Å². The fourth-order valence-corrected chi connectivity index (χ4v) is 4.20. The van der Waals surface area contributed by atoms with Gasteiger partial charge in [0.15, 0.2) is 5.96 Å². The monoisotopic (exact) mass is 524 g/mol. The first-order valence-electron chi connectivity index (χ1n) is 10.8. The van der Waals surface area contributed by atoms with Crippen LogP contribution in [0.3, 0.4) is 0 Å². The maximum Gasteiger partial charge on any atom is 0.191 e. The van der Waals surface area contributed by atoms with E-state index in [9.17, 15) is 0 Å². The van der Waals surface area contributed by atoms with Crippen LogP contribution in [0.25, 0.3) is 0 Å². The number of likely N-dealkylation sites (tertiary alicyclic amines) is 1. The molecule has 4 rings (SSSR count). The van der Waals surface area contributed by atoms with Crippen molar-refractivity contribution >= 4 is 35.8 Å². The third-order valence-electron chi connectivity index (χ3n) is 5.84. The van der Waals surface area contributed by atoms with Gasteiger partial charge in [-0.25, -0.2) is 4.98 Å². The molecule has 30 heavy (non-hydrogen) atoms. The van der Waals surface area contributed by atoms with E-state index in [1.54, 1.807) is 6.26 Å². The first-order valence-corrected chi connectivity index (χ1v) is 10.8. The maximum atomic E-state index is 5.70. The molecule has 0 spiro atoms. The molecule has 0 aromatic carbocycles. The van der Waals surface area contributed by atoms with Crippen molar-refractivity contribution in [1.29, 1.82) is 0 Å². The lowest BCUT2D eigenvalue weighted by Gasteiger charge is -2.26. The van der Waals surface area contributed by atoms with Crippen molar-refractivity contribution in [2.24, 2.45) is 4.99 Å². The molecule has 7 nitrogen and oxygen atoms in total. The van der Waals surface area contributed by atoms with Gasteiger partial charge >= 0.3 is 0 Å². The van der Waals surface area contributed by atoms with E-state index < -0.39 is 0 Å². The van der Waals surface area contributed by atoms with Crippen LogP contribution in [-0.4, -0.2) is 55.6 Å². The molecule has 4 heterocycles. The Balaban J connectivity index is 0.00000256. The topological polar surface area (TPSA) is 68.9 Å². The number of pyridine rings is 1. The molecule has 8 heteroatoms. The molecule has 2 saturated heterocycles. The number of aliphatic imine (C=N–C) groups is 1. The summed E-state index contributed by atoms with van der Waals surface area (Å²) in [5.41, 5.74) is 1.15. The molecule has 0 amide bonds. The van der Waals surface area contributed by atoms with Crippen molar-refractivity contribution in [2.75, 3.05) is 44.7 Å². The van der Waals surface area contributed by atoms with Gasteiger partial charge < -0.3 is 20.0 Å². The van der Waals surface area contributed by atoms with Crippen molar-refractivity contribution in [3.05, 3.63) is 48.0 Å². The molecular weight excluding hydrogens is 491 g/mol. The van der Waals surface area contributed by atoms with E-state index >= 15 is 0 Å². The molecule has 2 N–H and O–H groups in total. The zero-order valence-electron chi connectivity index (χ0n) is 17.7. The highest BCUT2D eigenvalue weighted by Gasteiger charge is 2.25. The van der Waals surface area contributed by atoms with Crippen molar-refractivity contribution in [3.63, 3.8) is 0 Å². The molecule has 2 aliphatic rings. The van der Waals surface area contributed by atoms with Gasteiger partial charge in [-0.05, 0) is 62.5 Å². The molecule has 2 fully saturated rings. The highest BCUT2D eigenvalue weighted by Crippen LogP contribution is 2.24. The summed E-state index contributed by atoms with van der Waals surface area (Å²) < 4.78 is 5.70. The second-order valence-electron chi connectivity index (χ2n) is 7.80. The largest absolute Gasteiger partial charge is 0.468 e. The summed E-state index contributed by atoms with van der Waals surface area (Å²) in [6, 6.07) is 8.53. The number of hydrogen-bond acceptors (Lipinski definition) is 5. The van der Waals surface area contributed by atoms with Gasteiger partial charge in [0.25, 0.3) is 0 Å². The summed E-state index contributed by atoms with van der Waals surface area (Å²) in [7, 11) is 1.81. The van der Waals surface area contributed by atoms with E-state index in [1.807, 2.05) is 19.3 Å². The summed E-state index contributed by atoms with van der Waals surface area (Å²) in [5, 5.41) is 6.87. The third-order valence-corrected chi connectivity index (χ3v) is 5.84. The Morgan fingerprint density at radius 2 is 1.87 bits per heavy atom. The second-order valence-corrected chi connectivity index (χ2v) is 7.80. The van der Waals surface area contributed by atoms with Gasteiger partial charge in [0, 0.05) is 39.4 Å². The van der Waals surface area contributed by atoms with Crippen LogP contribution in [0.1, 0.15) is 43.0 Å². The molecular formula is C22H33IN6O. The quantitative estimate of drug-likeness (QED) is 0.329. The number of anilines is 1. The molecule has 2 aromatic rings. The second kappa shape index (κ2) is 11.5. The van der Waals surface area contributed by atoms with Gasteiger partial charge in [0.2, 0.25) is 0 Å². The minimum Gasteiger partial charge on any atom is -0.468 e. The van der Waals surface area contributed by atoms with Crippen LogP contribution in [0.5, 0.6) is 0 Å². The third kappa shape index (κ3) is 5.87. The number of furan rings is 1. The highest BCUT2D eigenvalue weighted by molar-refractivity contribution is 14.0. The lowest BCUT2D eigenvalue weighted by atomic mass is 10.2. The normalized spacial score (nSPS) is 18.3. The molecule has 1 atom stereocenters. The van der Waals surface area contributed by atoms with Gasteiger partial charge in [0.05, 0.1) is 12.3 Å². The minimum absolute atomic E-state index is 0. The van der Waals surface area contributed by atoms with Crippen molar-refractivity contribution in [3.8, 4) is 0 Å².